The zero-order valence-electron chi connectivity index (χ0n) is 13.0. The quantitative estimate of drug-likeness (QED) is 0.734. The Balaban J connectivity index is 1.60. The van der Waals surface area contributed by atoms with E-state index in [1.165, 1.54) is 34.0 Å². The lowest BCUT2D eigenvalue weighted by molar-refractivity contribution is 0.996. The van der Waals surface area contributed by atoms with Crippen molar-refractivity contribution < 1.29 is 0 Å². The zero-order valence-corrected chi connectivity index (χ0v) is 13.8. The van der Waals surface area contributed by atoms with Crippen molar-refractivity contribution in [1.29, 1.82) is 0 Å². The topological polar surface area (TPSA) is 50.7 Å². The van der Waals surface area contributed by atoms with E-state index in [4.69, 9.17) is 4.98 Å². The van der Waals surface area contributed by atoms with Crippen LogP contribution in [0.15, 0.2) is 42.7 Å². The fourth-order valence-electron chi connectivity index (χ4n) is 2.57. The Hall–Kier alpha value is -2.27. The maximum atomic E-state index is 4.84. The van der Waals surface area contributed by atoms with Gasteiger partial charge in [0.25, 0.3) is 0 Å². The van der Waals surface area contributed by atoms with E-state index in [2.05, 4.69) is 46.5 Å². The van der Waals surface area contributed by atoms with Gasteiger partial charge in [0, 0.05) is 24.0 Å². The normalized spacial score (nSPS) is 14.0. The van der Waals surface area contributed by atoms with Gasteiger partial charge in [-0.3, -0.25) is 0 Å². The second-order valence-electron chi connectivity index (χ2n) is 5.72. The highest BCUT2D eigenvalue weighted by Gasteiger charge is 2.29. The lowest BCUT2D eigenvalue weighted by atomic mass is 10.1. The summed E-state index contributed by atoms with van der Waals surface area (Å²) in [6.07, 6.45) is 7.04. The van der Waals surface area contributed by atoms with Crippen LogP contribution in [0, 0.1) is 0 Å². The molecule has 4 nitrogen and oxygen atoms in total. The van der Waals surface area contributed by atoms with Crippen LogP contribution in [-0.2, 0) is 6.42 Å². The maximum Gasteiger partial charge on any atom is 0.227 e. The molecule has 3 aromatic rings. The average Bonchev–Trinajstić information content (AvgIpc) is 3.35. The zero-order chi connectivity index (χ0) is 15.6. The van der Waals surface area contributed by atoms with Gasteiger partial charge in [0.05, 0.1) is 15.6 Å². The molecule has 0 bridgehead atoms. The molecule has 116 valence electrons. The molecule has 0 aliphatic heterocycles. The molecular weight excluding hydrogens is 304 g/mol. The summed E-state index contributed by atoms with van der Waals surface area (Å²) in [6, 6.07) is 10.3. The lowest BCUT2D eigenvalue weighted by Crippen LogP contribution is -1.95. The molecule has 0 saturated heterocycles. The van der Waals surface area contributed by atoms with E-state index in [0.29, 0.717) is 11.9 Å². The van der Waals surface area contributed by atoms with Gasteiger partial charge in [-0.1, -0.05) is 19.1 Å². The van der Waals surface area contributed by atoms with Gasteiger partial charge >= 0.3 is 0 Å². The lowest BCUT2D eigenvalue weighted by Gasteiger charge is -2.06. The standard InChI is InChI=1S/C18H18N4S/c1-2-15-22-16(12-4-5-12)17(23-15)13-6-8-14(9-7-13)21-18-19-10-3-11-20-18/h3,6-12H,2,4-5H2,1H3,(H,19,20,21). The molecule has 1 fully saturated rings. The van der Waals surface area contributed by atoms with Crippen LogP contribution in [0.2, 0.25) is 0 Å². The van der Waals surface area contributed by atoms with Gasteiger partial charge in [-0.15, -0.1) is 11.3 Å². The number of nitrogens with one attached hydrogen (secondary N) is 1. The molecule has 1 N–H and O–H groups in total. The summed E-state index contributed by atoms with van der Waals surface area (Å²) in [5, 5.41) is 4.45. The summed E-state index contributed by atoms with van der Waals surface area (Å²) in [6.45, 7) is 2.17. The minimum absolute atomic E-state index is 0.616. The highest BCUT2D eigenvalue weighted by atomic mass is 32.1. The minimum Gasteiger partial charge on any atom is -0.324 e. The Morgan fingerprint density at radius 3 is 2.52 bits per heavy atom. The van der Waals surface area contributed by atoms with Gasteiger partial charge in [-0.2, -0.15) is 0 Å². The van der Waals surface area contributed by atoms with Gasteiger partial charge in [0.1, 0.15) is 0 Å². The largest absolute Gasteiger partial charge is 0.324 e. The molecule has 5 heteroatoms. The van der Waals surface area contributed by atoms with Crippen LogP contribution in [0.4, 0.5) is 11.6 Å². The van der Waals surface area contributed by atoms with E-state index >= 15 is 0 Å². The third-order valence-electron chi connectivity index (χ3n) is 3.93. The van der Waals surface area contributed by atoms with E-state index in [9.17, 15) is 0 Å². The number of anilines is 2. The van der Waals surface area contributed by atoms with Crippen molar-refractivity contribution in [3.8, 4) is 10.4 Å². The first kappa shape index (κ1) is 14.3. The Morgan fingerprint density at radius 2 is 1.87 bits per heavy atom. The molecular formula is C18H18N4S. The number of rotatable bonds is 5. The predicted octanol–water partition coefficient (Wildman–Crippen LogP) is 4.78. The fraction of sp³-hybridized carbons (Fsp3) is 0.278. The minimum atomic E-state index is 0.616. The number of aryl methyl sites for hydroxylation is 1. The Labute approximate surface area is 139 Å². The molecule has 0 radical (unpaired) electrons. The van der Waals surface area contributed by atoms with Gasteiger partial charge in [0.15, 0.2) is 0 Å². The Morgan fingerprint density at radius 1 is 1.13 bits per heavy atom. The van der Waals surface area contributed by atoms with Crippen molar-refractivity contribution in [2.45, 2.75) is 32.1 Å². The van der Waals surface area contributed by atoms with E-state index in [0.717, 1.165) is 12.1 Å². The van der Waals surface area contributed by atoms with Gasteiger partial charge < -0.3 is 5.32 Å². The summed E-state index contributed by atoms with van der Waals surface area (Å²) in [5.41, 5.74) is 3.55. The molecule has 0 unspecified atom stereocenters. The monoisotopic (exact) mass is 322 g/mol. The maximum absolute atomic E-state index is 4.84. The van der Waals surface area contributed by atoms with Crippen molar-refractivity contribution in [3.05, 3.63) is 53.4 Å². The number of hydrogen-bond acceptors (Lipinski definition) is 5. The summed E-state index contributed by atoms with van der Waals surface area (Å²) < 4.78 is 0. The van der Waals surface area contributed by atoms with E-state index in [1.54, 1.807) is 12.4 Å². The molecule has 1 aliphatic rings. The third-order valence-corrected chi connectivity index (χ3v) is 5.20. The summed E-state index contributed by atoms with van der Waals surface area (Å²) >= 11 is 1.83. The Bertz CT molecular complexity index is 792. The molecule has 0 spiro atoms. The van der Waals surface area contributed by atoms with Crippen molar-refractivity contribution in [2.75, 3.05) is 5.32 Å². The van der Waals surface area contributed by atoms with Crippen molar-refractivity contribution in [2.24, 2.45) is 0 Å². The first-order valence-corrected chi connectivity index (χ1v) is 8.79. The van der Waals surface area contributed by atoms with Crippen molar-refractivity contribution in [1.82, 2.24) is 15.0 Å². The second kappa shape index (κ2) is 6.08. The number of thiazole rings is 1. The van der Waals surface area contributed by atoms with E-state index in [-0.39, 0.29) is 0 Å². The SMILES string of the molecule is CCc1nc(C2CC2)c(-c2ccc(Nc3ncccn3)cc2)s1. The smallest absolute Gasteiger partial charge is 0.227 e. The molecule has 4 rings (SSSR count). The molecule has 0 amide bonds. The van der Waals surface area contributed by atoms with Crippen molar-refractivity contribution in [3.63, 3.8) is 0 Å². The van der Waals surface area contributed by atoms with E-state index < -0.39 is 0 Å². The molecule has 2 aromatic heterocycles. The molecule has 2 heterocycles. The summed E-state index contributed by atoms with van der Waals surface area (Å²) in [4.78, 5) is 14.5. The van der Waals surface area contributed by atoms with Gasteiger partial charge in [-0.25, -0.2) is 15.0 Å². The van der Waals surface area contributed by atoms with Gasteiger partial charge in [0.2, 0.25) is 5.95 Å². The van der Waals surface area contributed by atoms with E-state index in [1.807, 2.05) is 17.4 Å². The van der Waals surface area contributed by atoms with Gasteiger partial charge in [-0.05, 0) is 43.0 Å². The first-order chi connectivity index (χ1) is 11.3. The molecule has 0 atom stereocenters. The highest BCUT2D eigenvalue weighted by Crippen LogP contribution is 2.46. The summed E-state index contributed by atoms with van der Waals surface area (Å²) in [5.74, 6) is 1.29. The third kappa shape index (κ3) is 3.10. The first-order valence-electron chi connectivity index (χ1n) is 7.97. The van der Waals surface area contributed by atoms with Crippen LogP contribution in [0.1, 0.15) is 36.4 Å². The molecule has 23 heavy (non-hydrogen) atoms. The molecule has 1 aromatic carbocycles. The Kier molecular flexibility index (Phi) is 3.79. The van der Waals surface area contributed by atoms with Crippen LogP contribution in [0.3, 0.4) is 0 Å². The van der Waals surface area contributed by atoms with Crippen LogP contribution in [0.25, 0.3) is 10.4 Å². The summed E-state index contributed by atoms with van der Waals surface area (Å²) in [7, 11) is 0. The average molecular weight is 322 g/mol. The number of hydrogen-bond donors (Lipinski definition) is 1. The number of nitrogens with zero attached hydrogens (tertiary/aromatic N) is 3. The van der Waals surface area contributed by atoms with Crippen LogP contribution in [-0.4, -0.2) is 15.0 Å². The molecule has 1 aliphatic carbocycles. The van der Waals surface area contributed by atoms with Crippen LogP contribution in [0.5, 0.6) is 0 Å². The predicted molar refractivity (Wildman–Crippen MR) is 94.2 cm³/mol. The van der Waals surface area contributed by atoms with Crippen LogP contribution < -0.4 is 5.32 Å². The molecule has 1 saturated carbocycles. The number of benzene rings is 1. The second-order valence-corrected chi connectivity index (χ2v) is 6.81. The van der Waals surface area contributed by atoms with Crippen molar-refractivity contribution >= 4 is 23.0 Å². The number of aromatic nitrogens is 3. The highest BCUT2D eigenvalue weighted by molar-refractivity contribution is 7.15. The van der Waals surface area contributed by atoms with Crippen LogP contribution >= 0.6 is 11.3 Å². The fourth-order valence-corrected chi connectivity index (χ4v) is 3.66.